The van der Waals surface area contributed by atoms with Gasteiger partial charge in [-0.15, -0.1) is 0 Å². The van der Waals surface area contributed by atoms with Crippen molar-refractivity contribution in [2.75, 3.05) is 13.2 Å². The molecule has 0 rings (SSSR count). The Kier molecular flexibility index (Phi) is 20.3. The SMILES string of the molecule is CCCCC/C=C\CCCCCCCC(=O)OC(CO)COC(=O)CCCCC. The maximum absolute atomic E-state index is 11.9. The molecule has 0 radical (unpaired) electrons. The first kappa shape index (κ1) is 27.6. The zero-order chi connectivity index (χ0) is 21.6. The molecule has 0 bridgehead atoms. The van der Waals surface area contributed by atoms with Crippen molar-refractivity contribution >= 4 is 11.9 Å². The molecule has 1 N–H and O–H groups in total. The summed E-state index contributed by atoms with van der Waals surface area (Å²) in [6, 6.07) is 0. The lowest BCUT2D eigenvalue weighted by Gasteiger charge is -2.15. The average molecular weight is 413 g/mol. The van der Waals surface area contributed by atoms with Crippen LogP contribution in [-0.4, -0.2) is 36.4 Å². The highest BCUT2D eigenvalue weighted by molar-refractivity contribution is 5.70. The maximum atomic E-state index is 11.9. The number of hydrogen-bond acceptors (Lipinski definition) is 5. The van der Waals surface area contributed by atoms with E-state index in [0.29, 0.717) is 12.8 Å². The van der Waals surface area contributed by atoms with Crippen LogP contribution in [0.2, 0.25) is 0 Å². The highest BCUT2D eigenvalue weighted by atomic mass is 16.6. The molecule has 1 unspecified atom stereocenters. The highest BCUT2D eigenvalue weighted by Gasteiger charge is 2.15. The van der Waals surface area contributed by atoms with Crippen LogP contribution >= 0.6 is 0 Å². The van der Waals surface area contributed by atoms with E-state index in [0.717, 1.165) is 44.9 Å². The largest absolute Gasteiger partial charge is 0.462 e. The first-order valence-electron chi connectivity index (χ1n) is 11.7. The Morgan fingerprint density at radius 2 is 1.28 bits per heavy atom. The zero-order valence-corrected chi connectivity index (χ0v) is 18.8. The second kappa shape index (κ2) is 21.4. The lowest BCUT2D eigenvalue weighted by atomic mass is 10.1. The third kappa shape index (κ3) is 19.7. The smallest absolute Gasteiger partial charge is 0.306 e. The summed E-state index contributed by atoms with van der Waals surface area (Å²) in [5, 5.41) is 9.30. The predicted molar refractivity (Wildman–Crippen MR) is 118 cm³/mol. The molecule has 0 saturated carbocycles. The molecule has 0 aromatic carbocycles. The summed E-state index contributed by atoms with van der Waals surface area (Å²) < 4.78 is 10.3. The van der Waals surface area contributed by atoms with Crippen molar-refractivity contribution < 1.29 is 24.2 Å². The standard InChI is InChI=1S/C24H44O5/c1-3-5-7-8-9-10-11-12-13-14-15-17-19-24(27)29-22(20-25)21-28-23(26)18-16-6-4-2/h9-10,22,25H,3-8,11-21H2,1-2H3/b10-9-. The molecule has 0 amide bonds. The molecule has 0 aliphatic heterocycles. The number of carbonyl (C=O) groups is 2. The number of rotatable bonds is 20. The van der Waals surface area contributed by atoms with Gasteiger partial charge in [0.15, 0.2) is 6.10 Å². The summed E-state index contributed by atoms with van der Waals surface area (Å²) in [6.45, 7) is 3.89. The molecular weight excluding hydrogens is 368 g/mol. The summed E-state index contributed by atoms with van der Waals surface area (Å²) in [5.74, 6) is -0.634. The quantitative estimate of drug-likeness (QED) is 0.153. The number of esters is 2. The number of ether oxygens (including phenoxy) is 2. The van der Waals surface area contributed by atoms with Crippen molar-refractivity contribution in [3.63, 3.8) is 0 Å². The van der Waals surface area contributed by atoms with E-state index in [9.17, 15) is 14.7 Å². The number of aliphatic hydroxyl groups is 1. The number of unbranched alkanes of at least 4 members (excludes halogenated alkanes) is 10. The molecule has 0 spiro atoms. The normalized spacial score (nSPS) is 12.2. The topological polar surface area (TPSA) is 72.8 Å². The molecule has 5 nitrogen and oxygen atoms in total. The highest BCUT2D eigenvalue weighted by Crippen LogP contribution is 2.10. The molecule has 0 fully saturated rings. The molecule has 0 aromatic rings. The van der Waals surface area contributed by atoms with Gasteiger partial charge in [0.05, 0.1) is 6.61 Å². The van der Waals surface area contributed by atoms with Crippen molar-refractivity contribution in [1.29, 1.82) is 0 Å². The fourth-order valence-corrected chi connectivity index (χ4v) is 2.96. The van der Waals surface area contributed by atoms with Crippen molar-refractivity contribution in [3.8, 4) is 0 Å². The monoisotopic (exact) mass is 412 g/mol. The molecule has 0 aromatic heterocycles. The van der Waals surface area contributed by atoms with Gasteiger partial charge in [-0.1, -0.05) is 70.9 Å². The molecule has 1 atom stereocenters. The van der Waals surface area contributed by atoms with E-state index >= 15 is 0 Å². The zero-order valence-electron chi connectivity index (χ0n) is 18.8. The van der Waals surface area contributed by atoms with E-state index in [4.69, 9.17) is 9.47 Å². The van der Waals surface area contributed by atoms with Gasteiger partial charge < -0.3 is 14.6 Å². The van der Waals surface area contributed by atoms with E-state index < -0.39 is 6.10 Å². The minimum Gasteiger partial charge on any atom is -0.462 e. The predicted octanol–water partition coefficient (Wildman–Crippen LogP) is 5.88. The van der Waals surface area contributed by atoms with Crippen LogP contribution in [0.3, 0.4) is 0 Å². The Morgan fingerprint density at radius 3 is 1.93 bits per heavy atom. The van der Waals surface area contributed by atoms with Gasteiger partial charge in [-0.05, 0) is 38.5 Å². The van der Waals surface area contributed by atoms with Crippen LogP contribution in [0.25, 0.3) is 0 Å². The van der Waals surface area contributed by atoms with Crippen LogP contribution < -0.4 is 0 Å². The van der Waals surface area contributed by atoms with Crippen LogP contribution in [0, 0.1) is 0 Å². The molecule has 0 aliphatic carbocycles. The van der Waals surface area contributed by atoms with E-state index in [1.807, 2.05) is 0 Å². The Balaban J connectivity index is 3.62. The van der Waals surface area contributed by atoms with Gasteiger partial charge in [0.25, 0.3) is 0 Å². The molecule has 0 saturated heterocycles. The number of hydrogen-bond donors (Lipinski definition) is 1. The third-order valence-corrected chi connectivity index (χ3v) is 4.81. The van der Waals surface area contributed by atoms with Crippen molar-refractivity contribution in [2.45, 2.75) is 116 Å². The molecule has 0 aliphatic rings. The number of carbonyl (C=O) groups excluding carboxylic acids is 2. The minimum atomic E-state index is -0.762. The van der Waals surface area contributed by atoms with Crippen LogP contribution in [-0.2, 0) is 19.1 Å². The fourth-order valence-electron chi connectivity index (χ4n) is 2.96. The van der Waals surface area contributed by atoms with E-state index in [1.165, 1.54) is 38.5 Å². The Morgan fingerprint density at radius 1 is 0.759 bits per heavy atom. The van der Waals surface area contributed by atoms with Crippen LogP contribution in [0.1, 0.15) is 110 Å². The van der Waals surface area contributed by atoms with Gasteiger partial charge in [0.1, 0.15) is 6.61 Å². The molecule has 29 heavy (non-hydrogen) atoms. The van der Waals surface area contributed by atoms with Crippen LogP contribution in [0.5, 0.6) is 0 Å². The average Bonchev–Trinajstić information content (AvgIpc) is 2.72. The molecule has 170 valence electrons. The van der Waals surface area contributed by atoms with E-state index in [-0.39, 0.29) is 25.2 Å². The van der Waals surface area contributed by atoms with Crippen molar-refractivity contribution in [1.82, 2.24) is 0 Å². The number of aliphatic hydroxyl groups excluding tert-OH is 1. The Labute approximate surface area is 178 Å². The lowest BCUT2D eigenvalue weighted by Crippen LogP contribution is -2.28. The minimum absolute atomic E-state index is 0.0703. The summed E-state index contributed by atoms with van der Waals surface area (Å²) in [7, 11) is 0. The summed E-state index contributed by atoms with van der Waals surface area (Å²) in [6.07, 6.45) is 18.9. The van der Waals surface area contributed by atoms with Crippen molar-refractivity contribution in [3.05, 3.63) is 12.2 Å². The third-order valence-electron chi connectivity index (χ3n) is 4.81. The first-order chi connectivity index (χ1) is 14.1. The summed E-state index contributed by atoms with van der Waals surface area (Å²) in [5.41, 5.74) is 0. The van der Waals surface area contributed by atoms with Gasteiger partial charge in [-0.25, -0.2) is 0 Å². The maximum Gasteiger partial charge on any atom is 0.306 e. The van der Waals surface area contributed by atoms with Gasteiger partial charge in [0, 0.05) is 12.8 Å². The molecule has 0 heterocycles. The summed E-state index contributed by atoms with van der Waals surface area (Å²) in [4.78, 5) is 23.4. The second-order valence-electron chi connectivity index (χ2n) is 7.71. The second-order valence-corrected chi connectivity index (χ2v) is 7.71. The van der Waals surface area contributed by atoms with E-state index in [1.54, 1.807) is 0 Å². The number of allylic oxidation sites excluding steroid dienone is 2. The van der Waals surface area contributed by atoms with E-state index in [2.05, 4.69) is 26.0 Å². The van der Waals surface area contributed by atoms with Gasteiger partial charge >= 0.3 is 11.9 Å². The molecule has 5 heteroatoms. The summed E-state index contributed by atoms with van der Waals surface area (Å²) >= 11 is 0. The van der Waals surface area contributed by atoms with Gasteiger partial charge in [0.2, 0.25) is 0 Å². The van der Waals surface area contributed by atoms with Crippen LogP contribution in [0.15, 0.2) is 12.2 Å². The fraction of sp³-hybridized carbons (Fsp3) is 0.833. The van der Waals surface area contributed by atoms with Crippen molar-refractivity contribution in [2.24, 2.45) is 0 Å². The van der Waals surface area contributed by atoms with Gasteiger partial charge in [-0.3, -0.25) is 9.59 Å². The Bertz CT molecular complexity index is 419. The first-order valence-corrected chi connectivity index (χ1v) is 11.7. The van der Waals surface area contributed by atoms with Crippen LogP contribution in [0.4, 0.5) is 0 Å². The lowest BCUT2D eigenvalue weighted by molar-refractivity contribution is -0.161. The Hall–Kier alpha value is -1.36. The molecular formula is C24H44O5. The van der Waals surface area contributed by atoms with Gasteiger partial charge in [-0.2, -0.15) is 0 Å².